The van der Waals surface area contributed by atoms with Crippen LogP contribution in [0.15, 0.2) is 77.2 Å². The largest absolute Gasteiger partial charge is 0.368 e. The van der Waals surface area contributed by atoms with Gasteiger partial charge in [-0.25, -0.2) is 9.97 Å². The van der Waals surface area contributed by atoms with Crippen molar-refractivity contribution in [1.82, 2.24) is 19.5 Å². The van der Waals surface area contributed by atoms with Crippen LogP contribution in [-0.4, -0.2) is 19.5 Å². The normalized spacial score (nSPS) is 12.1. The second-order valence-electron chi connectivity index (χ2n) is 7.44. The Morgan fingerprint density at radius 2 is 1.94 bits per heavy atom. The van der Waals surface area contributed by atoms with Crippen molar-refractivity contribution in [3.63, 3.8) is 0 Å². The number of nitrogens with zero attached hydrogens (tertiary/aromatic N) is 4. The fourth-order valence-corrected chi connectivity index (χ4v) is 4.71. The zero-order chi connectivity index (χ0) is 22.9. The van der Waals surface area contributed by atoms with Gasteiger partial charge in [-0.2, -0.15) is 4.98 Å². The molecule has 5 aromatic rings. The molecule has 1 atom stereocenters. The average Bonchev–Trinajstić information content (AvgIpc) is 3.34. The second kappa shape index (κ2) is 8.65. The summed E-state index contributed by atoms with van der Waals surface area (Å²) in [5.41, 5.74) is 7.94. The number of benzene rings is 2. The summed E-state index contributed by atoms with van der Waals surface area (Å²) in [6, 6.07) is 16.6. The van der Waals surface area contributed by atoms with Crippen LogP contribution >= 0.6 is 22.9 Å². The highest BCUT2D eigenvalue weighted by Crippen LogP contribution is 2.32. The zero-order valence-corrected chi connectivity index (χ0v) is 19.1. The van der Waals surface area contributed by atoms with E-state index in [9.17, 15) is 4.79 Å². The van der Waals surface area contributed by atoms with E-state index in [-0.39, 0.29) is 17.5 Å². The Kier molecular flexibility index (Phi) is 5.53. The highest BCUT2D eigenvalue weighted by Gasteiger charge is 2.20. The van der Waals surface area contributed by atoms with Crippen molar-refractivity contribution in [3.8, 4) is 16.3 Å². The van der Waals surface area contributed by atoms with Gasteiger partial charge in [-0.3, -0.25) is 9.36 Å². The van der Waals surface area contributed by atoms with Crippen LogP contribution in [0.4, 0.5) is 11.8 Å². The summed E-state index contributed by atoms with van der Waals surface area (Å²) < 4.78 is 1.68. The van der Waals surface area contributed by atoms with Crippen molar-refractivity contribution in [2.75, 3.05) is 11.1 Å². The number of halogens is 1. The summed E-state index contributed by atoms with van der Waals surface area (Å²) in [5, 5.41) is 7.75. The summed E-state index contributed by atoms with van der Waals surface area (Å²) >= 11 is 7.90. The van der Waals surface area contributed by atoms with E-state index < -0.39 is 0 Å². The maximum absolute atomic E-state index is 13.6. The molecule has 0 spiro atoms. The molecule has 33 heavy (non-hydrogen) atoms. The quantitative estimate of drug-likeness (QED) is 0.358. The van der Waals surface area contributed by atoms with Crippen molar-refractivity contribution in [1.29, 1.82) is 0 Å². The Morgan fingerprint density at radius 1 is 1.12 bits per heavy atom. The maximum Gasteiger partial charge on any atom is 0.264 e. The van der Waals surface area contributed by atoms with Gasteiger partial charge in [0.2, 0.25) is 5.95 Å². The van der Waals surface area contributed by atoms with Crippen LogP contribution in [0.1, 0.15) is 18.7 Å². The Morgan fingerprint density at radius 3 is 2.70 bits per heavy atom. The van der Waals surface area contributed by atoms with Gasteiger partial charge in [0, 0.05) is 29.2 Å². The van der Waals surface area contributed by atoms with E-state index in [1.807, 2.05) is 60.8 Å². The number of anilines is 2. The molecular weight excluding hydrogens is 456 g/mol. The second-order valence-corrected chi connectivity index (χ2v) is 8.74. The number of nitrogen functional groups attached to an aromatic ring is 1. The standard InChI is InChI=1S/C24H19ClN6OS/c1-14(29-21-17(13-28-24(26)30-21)22-27-10-11-33-22)19-12-15-6-5-9-18(25)20(15)23(32)31(19)16-7-3-2-4-8-16/h2-14H,1H3,(H3,26,28,29,30)/t14-/m0/s1. The molecule has 3 N–H and O–H groups in total. The molecular formula is C24H19ClN6OS. The van der Waals surface area contributed by atoms with Crippen molar-refractivity contribution in [3.05, 3.63) is 93.4 Å². The summed E-state index contributed by atoms with van der Waals surface area (Å²) in [6.45, 7) is 1.97. The van der Waals surface area contributed by atoms with Crippen molar-refractivity contribution in [2.24, 2.45) is 0 Å². The molecule has 9 heteroatoms. The molecule has 3 heterocycles. The van der Waals surface area contributed by atoms with E-state index in [0.717, 1.165) is 27.3 Å². The van der Waals surface area contributed by atoms with Gasteiger partial charge in [0.15, 0.2) is 0 Å². The molecule has 0 bridgehead atoms. The third-order valence-electron chi connectivity index (χ3n) is 5.31. The minimum atomic E-state index is -0.311. The molecule has 0 saturated carbocycles. The predicted octanol–water partition coefficient (Wildman–Crippen LogP) is 5.31. The number of aromatic nitrogens is 4. The van der Waals surface area contributed by atoms with Crippen molar-refractivity contribution >= 4 is 45.5 Å². The Labute approximate surface area is 198 Å². The van der Waals surface area contributed by atoms with Crippen molar-refractivity contribution < 1.29 is 0 Å². The van der Waals surface area contributed by atoms with E-state index in [4.69, 9.17) is 17.3 Å². The summed E-state index contributed by atoms with van der Waals surface area (Å²) in [5.74, 6) is 0.693. The van der Waals surface area contributed by atoms with Gasteiger partial charge >= 0.3 is 0 Å². The lowest BCUT2D eigenvalue weighted by molar-refractivity contribution is 0.773. The van der Waals surface area contributed by atoms with Gasteiger partial charge in [-0.05, 0) is 36.6 Å². The Bertz CT molecular complexity index is 1500. The van der Waals surface area contributed by atoms with E-state index in [1.54, 1.807) is 23.0 Å². The summed E-state index contributed by atoms with van der Waals surface area (Å²) in [4.78, 5) is 26.5. The summed E-state index contributed by atoms with van der Waals surface area (Å²) in [6.07, 6.45) is 3.38. The number of nitrogens with one attached hydrogen (secondary N) is 1. The van der Waals surface area contributed by atoms with Crippen LogP contribution < -0.4 is 16.6 Å². The number of hydrogen-bond donors (Lipinski definition) is 2. The zero-order valence-electron chi connectivity index (χ0n) is 17.6. The molecule has 7 nitrogen and oxygen atoms in total. The number of para-hydroxylation sites is 1. The van der Waals surface area contributed by atoms with Gasteiger partial charge in [0.1, 0.15) is 10.8 Å². The molecule has 0 aliphatic carbocycles. The molecule has 2 aromatic carbocycles. The minimum absolute atomic E-state index is 0.149. The molecule has 164 valence electrons. The highest BCUT2D eigenvalue weighted by atomic mass is 35.5. The van der Waals surface area contributed by atoms with Gasteiger partial charge in [-0.15, -0.1) is 11.3 Å². The molecule has 0 amide bonds. The van der Waals surface area contributed by atoms with Crippen LogP contribution in [0.5, 0.6) is 0 Å². The number of pyridine rings is 1. The Balaban J connectivity index is 1.68. The first-order valence-corrected chi connectivity index (χ1v) is 11.5. The molecule has 0 aliphatic heterocycles. The van der Waals surface area contributed by atoms with Crippen molar-refractivity contribution in [2.45, 2.75) is 13.0 Å². The first kappa shape index (κ1) is 21.1. The molecule has 0 radical (unpaired) electrons. The molecule has 0 unspecified atom stereocenters. The van der Waals surface area contributed by atoms with Crippen LogP contribution in [0.25, 0.3) is 27.0 Å². The smallest absolute Gasteiger partial charge is 0.264 e. The third kappa shape index (κ3) is 3.94. The van der Waals surface area contributed by atoms with Gasteiger partial charge in [0.25, 0.3) is 5.56 Å². The molecule has 0 aliphatic rings. The third-order valence-corrected chi connectivity index (χ3v) is 6.43. The number of thiazole rings is 1. The van der Waals surface area contributed by atoms with E-state index >= 15 is 0 Å². The monoisotopic (exact) mass is 474 g/mol. The fourth-order valence-electron chi connectivity index (χ4n) is 3.80. The SMILES string of the molecule is C[C@H](Nc1nc(N)ncc1-c1nccs1)c1cc2cccc(Cl)c2c(=O)n1-c1ccccc1. The van der Waals surface area contributed by atoms with Gasteiger partial charge < -0.3 is 11.1 Å². The lowest BCUT2D eigenvalue weighted by atomic mass is 10.1. The highest BCUT2D eigenvalue weighted by molar-refractivity contribution is 7.13. The lowest BCUT2D eigenvalue weighted by Crippen LogP contribution is -2.26. The van der Waals surface area contributed by atoms with Crippen LogP contribution in [0, 0.1) is 0 Å². The van der Waals surface area contributed by atoms with Gasteiger partial charge in [0.05, 0.1) is 22.0 Å². The average molecular weight is 475 g/mol. The minimum Gasteiger partial charge on any atom is -0.368 e. The lowest BCUT2D eigenvalue weighted by Gasteiger charge is -2.22. The molecule has 0 saturated heterocycles. The molecule has 5 rings (SSSR count). The summed E-state index contributed by atoms with van der Waals surface area (Å²) in [7, 11) is 0. The maximum atomic E-state index is 13.6. The first-order chi connectivity index (χ1) is 16.0. The fraction of sp³-hybridized carbons (Fsp3) is 0.0833. The number of rotatable bonds is 5. The van der Waals surface area contributed by atoms with E-state index in [2.05, 4.69) is 20.3 Å². The first-order valence-electron chi connectivity index (χ1n) is 10.2. The van der Waals surface area contributed by atoms with Crippen LogP contribution in [-0.2, 0) is 0 Å². The number of fused-ring (bicyclic) bond motifs is 1. The van der Waals surface area contributed by atoms with Gasteiger partial charge in [-0.1, -0.05) is 41.9 Å². The van der Waals surface area contributed by atoms with E-state index in [0.29, 0.717) is 16.2 Å². The van der Waals surface area contributed by atoms with Crippen LogP contribution in [0.2, 0.25) is 5.02 Å². The topological polar surface area (TPSA) is 98.7 Å². The Hall–Kier alpha value is -3.75. The molecule has 0 fully saturated rings. The van der Waals surface area contributed by atoms with E-state index in [1.165, 1.54) is 11.3 Å². The number of hydrogen-bond acceptors (Lipinski definition) is 7. The van der Waals surface area contributed by atoms with Crippen LogP contribution in [0.3, 0.4) is 0 Å². The molecule has 3 aromatic heterocycles. The predicted molar refractivity (Wildman–Crippen MR) is 134 cm³/mol. The number of nitrogens with two attached hydrogens (primary N) is 1.